The zero-order chi connectivity index (χ0) is 13.0. The molecule has 1 aliphatic carbocycles. The van der Waals surface area contributed by atoms with E-state index in [1.807, 2.05) is 12.1 Å². The lowest BCUT2D eigenvalue weighted by Gasteiger charge is -2.37. The van der Waals surface area contributed by atoms with Gasteiger partial charge in [0, 0.05) is 24.2 Å². The maximum atomic E-state index is 13.9. The van der Waals surface area contributed by atoms with Crippen LogP contribution in [0.2, 0.25) is 0 Å². The van der Waals surface area contributed by atoms with Gasteiger partial charge in [0.05, 0.1) is 0 Å². The van der Waals surface area contributed by atoms with Crippen LogP contribution in [0.1, 0.15) is 43.7 Å². The molecule has 0 heterocycles. The van der Waals surface area contributed by atoms with E-state index in [0.29, 0.717) is 12.6 Å². The van der Waals surface area contributed by atoms with Gasteiger partial charge in [-0.05, 0) is 26.0 Å². The summed E-state index contributed by atoms with van der Waals surface area (Å²) in [5, 5.41) is 0. The van der Waals surface area contributed by atoms with Crippen molar-refractivity contribution in [2.45, 2.75) is 44.2 Å². The highest BCUT2D eigenvalue weighted by atomic mass is 19.1. The molecule has 0 amide bonds. The molecule has 0 saturated heterocycles. The predicted octanol–water partition coefficient (Wildman–Crippen LogP) is 3.09. The Balaban J connectivity index is 2.14. The lowest BCUT2D eigenvalue weighted by atomic mass is 9.92. The first-order valence-corrected chi connectivity index (χ1v) is 6.90. The summed E-state index contributed by atoms with van der Waals surface area (Å²) < 4.78 is 13.9. The Hall–Kier alpha value is -0.930. The van der Waals surface area contributed by atoms with Gasteiger partial charge in [-0.15, -0.1) is 0 Å². The third-order valence-corrected chi connectivity index (χ3v) is 4.13. The molecule has 2 rings (SSSR count). The fraction of sp³-hybridized carbons (Fsp3) is 0.600. The van der Waals surface area contributed by atoms with Gasteiger partial charge in [-0.25, -0.2) is 4.39 Å². The zero-order valence-electron chi connectivity index (χ0n) is 11.1. The highest BCUT2D eigenvalue weighted by molar-refractivity contribution is 5.21. The van der Waals surface area contributed by atoms with Crippen LogP contribution in [0, 0.1) is 5.82 Å². The fourth-order valence-electron chi connectivity index (χ4n) is 3.00. The second kappa shape index (κ2) is 6.30. The Kier molecular flexibility index (Phi) is 4.72. The van der Waals surface area contributed by atoms with Crippen LogP contribution in [-0.4, -0.2) is 24.5 Å². The largest absolute Gasteiger partial charge is 0.329 e. The van der Waals surface area contributed by atoms with Crippen molar-refractivity contribution in [2.75, 3.05) is 13.6 Å². The van der Waals surface area contributed by atoms with Gasteiger partial charge < -0.3 is 5.73 Å². The Morgan fingerprint density at radius 3 is 2.56 bits per heavy atom. The predicted molar refractivity (Wildman–Crippen MR) is 72.8 cm³/mol. The molecule has 1 aromatic carbocycles. The molecule has 0 spiro atoms. The molecular weight excluding hydrogens is 227 g/mol. The Bertz CT molecular complexity index is 375. The summed E-state index contributed by atoms with van der Waals surface area (Å²) >= 11 is 0. The summed E-state index contributed by atoms with van der Waals surface area (Å²) in [6, 6.07) is 7.53. The van der Waals surface area contributed by atoms with E-state index in [1.165, 1.54) is 38.2 Å². The summed E-state index contributed by atoms with van der Waals surface area (Å²) in [4.78, 5) is 2.28. The van der Waals surface area contributed by atoms with Crippen molar-refractivity contribution in [3.05, 3.63) is 35.6 Å². The van der Waals surface area contributed by atoms with Crippen LogP contribution in [0.25, 0.3) is 0 Å². The molecule has 3 heteroatoms. The first-order valence-electron chi connectivity index (χ1n) is 6.90. The first kappa shape index (κ1) is 13.5. The van der Waals surface area contributed by atoms with Crippen molar-refractivity contribution in [1.82, 2.24) is 4.90 Å². The van der Waals surface area contributed by atoms with E-state index in [-0.39, 0.29) is 11.9 Å². The van der Waals surface area contributed by atoms with Gasteiger partial charge in [-0.3, -0.25) is 4.90 Å². The third-order valence-electron chi connectivity index (χ3n) is 4.13. The Labute approximate surface area is 109 Å². The molecular formula is C15H23FN2. The summed E-state index contributed by atoms with van der Waals surface area (Å²) in [7, 11) is 2.08. The molecule has 1 aliphatic rings. The highest BCUT2D eigenvalue weighted by Gasteiger charge is 2.26. The van der Waals surface area contributed by atoms with Crippen molar-refractivity contribution < 1.29 is 4.39 Å². The van der Waals surface area contributed by atoms with Crippen molar-refractivity contribution in [3.8, 4) is 0 Å². The van der Waals surface area contributed by atoms with Crippen molar-refractivity contribution in [1.29, 1.82) is 0 Å². The molecule has 0 radical (unpaired) electrons. The van der Waals surface area contributed by atoms with Gasteiger partial charge >= 0.3 is 0 Å². The van der Waals surface area contributed by atoms with Crippen LogP contribution in [0.3, 0.4) is 0 Å². The Morgan fingerprint density at radius 2 is 1.94 bits per heavy atom. The molecule has 1 aromatic rings. The van der Waals surface area contributed by atoms with Crippen LogP contribution in [0.15, 0.2) is 24.3 Å². The van der Waals surface area contributed by atoms with Gasteiger partial charge in [0.25, 0.3) is 0 Å². The molecule has 2 nitrogen and oxygen atoms in total. The molecule has 1 atom stereocenters. The number of halogens is 1. The van der Waals surface area contributed by atoms with E-state index in [9.17, 15) is 4.39 Å². The normalized spacial score (nSPS) is 19.1. The number of benzene rings is 1. The second-order valence-corrected chi connectivity index (χ2v) is 5.23. The maximum Gasteiger partial charge on any atom is 0.128 e. The smallest absolute Gasteiger partial charge is 0.128 e. The van der Waals surface area contributed by atoms with Crippen LogP contribution in [0.5, 0.6) is 0 Å². The van der Waals surface area contributed by atoms with Crippen LogP contribution < -0.4 is 5.73 Å². The van der Waals surface area contributed by atoms with E-state index in [4.69, 9.17) is 5.73 Å². The minimum Gasteiger partial charge on any atom is -0.329 e. The lowest BCUT2D eigenvalue weighted by molar-refractivity contribution is 0.138. The fourth-order valence-corrected chi connectivity index (χ4v) is 3.00. The van der Waals surface area contributed by atoms with Gasteiger partial charge in [-0.2, -0.15) is 0 Å². The van der Waals surface area contributed by atoms with Gasteiger partial charge in [0.15, 0.2) is 0 Å². The topological polar surface area (TPSA) is 29.3 Å². The van der Waals surface area contributed by atoms with E-state index < -0.39 is 0 Å². The number of nitrogens with two attached hydrogens (primary N) is 1. The number of nitrogens with zero attached hydrogens (tertiary/aromatic N) is 1. The van der Waals surface area contributed by atoms with Crippen molar-refractivity contribution in [2.24, 2.45) is 5.73 Å². The SMILES string of the molecule is CN(C1CCCCC1)C(CN)c1ccccc1F. The first-order chi connectivity index (χ1) is 8.74. The van der Waals surface area contributed by atoms with Gasteiger partial charge in [0.1, 0.15) is 5.82 Å². The minimum atomic E-state index is -0.143. The number of rotatable bonds is 4. The Morgan fingerprint density at radius 1 is 1.28 bits per heavy atom. The number of hydrogen-bond donors (Lipinski definition) is 1. The lowest BCUT2D eigenvalue weighted by Crippen LogP contribution is -2.40. The average Bonchev–Trinajstić information content (AvgIpc) is 2.42. The van der Waals surface area contributed by atoms with Gasteiger partial charge in [-0.1, -0.05) is 37.5 Å². The minimum absolute atomic E-state index is 0.00528. The highest BCUT2D eigenvalue weighted by Crippen LogP contribution is 2.29. The zero-order valence-corrected chi connectivity index (χ0v) is 11.1. The third kappa shape index (κ3) is 2.90. The van der Waals surface area contributed by atoms with Crippen molar-refractivity contribution in [3.63, 3.8) is 0 Å². The van der Waals surface area contributed by atoms with E-state index in [1.54, 1.807) is 6.07 Å². The molecule has 2 N–H and O–H groups in total. The summed E-state index contributed by atoms with van der Waals surface area (Å²) in [5.74, 6) is -0.143. The summed E-state index contributed by atoms with van der Waals surface area (Å²) in [5.41, 5.74) is 6.60. The molecule has 1 fully saturated rings. The second-order valence-electron chi connectivity index (χ2n) is 5.23. The van der Waals surface area contributed by atoms with E-state index in [2.05, 4.69) is 11.9 Å². The number of hydrogen-bond acceptors (Lipinski definition) is 2. The van der Waals surface area contributed by atoms with Crippen molar-refractivity contribution >= 4 is 0 Å². The molecule has 1 saturated carbocycles. The quantitative estimate of drug-likeness (QED) is 0.889. The molecule has 100 valence electrons. The van der Waals surface area contributed by atoms with E-state index in [0.717, 1.165) is 5.56 Å². The summed E-state index contributed by atoms with van der Waals surface area (Å²) in [6.07, 6.45) is 6.31. The van der Waals surface area contributed by atoms with Crippen LogP contribution in [0.4, 0.5) is 4.39 Å². The van der Waals surface area contributed by atoms with Gasteiger partial charge in [0.2, 0.25) is 0 Å². The summed E-state index contributed by atoms with van der Waals surface area (Å²) in [6.45, 7) is 0.466. The number of likely N-dealkylation sites (N-methyl/N-ethyl adjacent to an activating group) is 1. The van der Waals surface area contributed by atoms with Crippen LogP contribution >= 0.6 is 0 Å². The molecule has 18 heavy (non-hydrogen) atoms. The van der Waals surface area contributed by atoms with Crippen LogP contribution in [-0.2, 0) is 0 Å². The van der Waals surface area contributed by atoms with E-state index >= 15 is 0 Å². The molecule has 0 aromatic heterocycles. The molecule has 1 unspecified atom stereocenters. The standard InChI is InChI=1S/C15H23FN2/c1-18(12-7-3-2-4-8-12)15(11-17)13-9-5-6-10-14(13)16/h5-6,9-10,12,15H,2-4,7-8,11,17H2,1H3. The monoisotopic (exact) mass is 250 g/mol. The molecule has 0 aliphatic heterocycles. The maximum absolute atomic E-state index is 13.9. The molecule has 0 bridgehead atoms. The average molecular weight is 250 g/mol.